The number of amides is 2. The molecule has 3 rings (SSSR count). The van der Waals surface area contributed by atoms with Gasteiger partial charge in [0.2, 0.25) is 0 Å². The highest BCUT2D eigenvalue weighted by Crippen LogP contribution is 2.27. The van der Waals surface area contributed by atoms with Gasteiger partial charge in [-0.15, -0.1) is 0 Å². The minimum Gasteiger partial charge on any atom is -0.496 e. The van der Waals surface area contributed by atoms with E-state index >= 15 is 0 Å². The molecule has 0 radical (unpaired) electrons. The smallest absolute Gasteiger partial charge is 0.270 e. The summed E-state index contributed by atoms with van der Waals surface area (Å²) in [6.45, 7) is 0. The summed E-state index contributed by atoms with van der Waals surface area (Å²) in [5.41, 5.74) is 0.792. The van der Waals surface area contributed by atoms with Gasteiger partial charge < -0.3 is 4.74 Å². The summed E-state index contributed by atoms with van der Waals surface area (Å²) < 4.78 is 19.2. The number of carbonyl (C=O) groups is 2. The number of methoxy groups -OCH3 is 1. The molecule has 1 fully saturated rings. The van der Waals surface area contributed by atoms with Crippen LogP contribution in [0.5, 0.6) is 5.75 Å². The summed E-state index contributed by atoms with van der Waals surface area (Å²) in [6, 6.07) is 10.5. The number of halogens is 2. The van der Waals surface area contributed by atoms with E-state index in [1.807, 2.05) is 0 Å². The SMILES string of the molecule is COc1ccc(Br)cc1C=C1C(=O)NC(=S)N(c2ccc(F)cc2)C1=O. The molecule has 0 spiro atoms. The highest BCUT2D eigenvalue weighted by atomic mass is 79.9. The zero-order valence-corrected chi connectivity index (χ0v) is 15.9. The van der Waals surface area contributed by atoms with Gasteiger partial charge in [0.1, 0.15) is 17.1 Å². The van der Waals surface area contributed by atoms with Gasteiger partial charge in [-0.2, -0.15) is 0 Å². The van der Waals surface area contributed by atoms with Gasteiger partial charge in [-0.1, -0.05) is 15.9 Å². The lowest BCUT2D eigenvalue weighted by Gasteiger charge is -2.29. The summed E-state index contributed by atoms with van der Waals surface area (Å²) in [6.07, 6.45) is 1.43. The minimum absolute atomic E-state index is 0.0648. The highest BCUT2D eigenvalue weighted by Gasteiger charge is 2.34. The molecule has 132 valence electrons. The fourth-order valence-corrected chi connectivity index (χ4v) is 3.12. The maximum atomic E-state index is 13.2. The molecule has 8 heteroatoms. The molecule has 2 aromatic carbocycles. The van der Waals surface area contributed by atoms with Gasteiger partial charge in [-0.3, -0.25) is 19.8 Å². The van der Waals surface area contributed by atoms with Gasteiger partial charge in [-0.25, -0.2) is 4.39 Å². The summed E-state index contributed by atoms with van der Waals surface area (Å²) in [5.74, 6) is -1.15. The first-order chi connectivity index (χ1) is 12.4. The predicted octanol–water partition coefficient (Wildman–Crippen LogP) is 3.43. The fourth-order valence-electron chi connectivity index (χ4n) is 2.46. The molecular weight excluding hydrogens is 423 g/mol. The first kappa shape index (κ1) is 18.2. The largest absolute Gasteiger partial charge is 0.496 e. The Labute approximate surface area is 162 Å². The van der Waals surface area contributed by atoms with Crippen LogP contribution in [0.1, 0.15) is 5.56 Å². The van der Waals surface area contributed by atoms with Crippen molar-refractivity contribution in [2.75, 3.05) is 12.0 Å². The van der Waals surface area contributed by atoms with E-state index in [0.29, 0.717) is 17.0 Å². The van der Waals surface area contributed by atoms with Crippen molar-refractivity contribution in [2.24, 2.45) is 0 Å². The minimum atomic E-state index is -0.611. The number of carbonyl (C=O) groups excluding carboxylic acids is 2. The van der Waals surface area contributed by atoms with Crippen molar-refractivity contribution in [3.8, 4) is 5.75 Å². The molecule has 1 aliphatic rings. The molecule has 1 aliphatic heterocycles. The van der Waals surface area contributed by atoms with Gasteiger partial charge in [0.05, 0.1) is 12.8 Å². The Morgan fingerprint density at radius 2 is 1.88 bits per heavy atom. The van der Waals surface area contributed by atoms with Crippen LogP contribution in [-0.4, -0.2) is 24.0 Å². The van der Waals surface area contributed by atoms with Crippen molar-refractivity contribution in [1.82, 2.24) is 5.32 Å². The van der Waals surface area contributed by atoms with E-state index in [4.69, 9.17) is 17.0 Å². The Hall–Kier alpha value is -2.58. The van der Waals surface area contributed by atoms with Crippen molar-refractivity contribution in [3.05, 3.63) is 63.9 Å². The highest BCUT2D eigenvalue weighted by molar-refractivity contribution is 9.10. The third-order valence-corrected chi connectivity index (χ3v) is 4.46. The van der Waals surface area contributed by atoms with Crippen LogP contribution in [0.25, 0.3) is 6.08 Å². The van der Waals surface area contributed by atoms with Crippen LogP contribution in [0, 0.1) is 5.82 Å². The number of nitrogens with zero attached hydrogens (tertiary/aromatic N) is 1. The van der Waals surface area contributed by atoms with Gasteiger partial charge in [-0.05, 0) is 60.8 Å². The van der Waals surface area contributed by atoms with Crippen LogP contribution in [-0.2, 0) is 9.59 Å². The summed E-state index contributed by atoms with van der Waals surface area (Å²) >= 11 is 8.45. The second-order valence-electron chi connectivity index (χ2n) is 5.32. The molecule has 1 heterocycles. The van der Waals surface area contributed by atoms with Gasteiger partial charge >= 0.3 is 0 Å². The molecule has 0 unspecified atom stereocenters. The molecule has 0 aromatic heterocycles. The lowest BCUT2D eigenvalue weighted by Crippen LogP contribution is -2.54. The Bertz CT molecular complexity index is 944. The number of benzene rings is 2. The van der Waals surface area contributed by atoms with Crippen molar-refractivity contribution in [2.45, 2.75) is 0 Å². The number of anilines is 1. The average Bonchev–Trinajstić information content (AvgIpc) is 2.60. The molecule has 0 atom stereocenters. The summed E-state index contributed by atoms with van der Waals surface area (Å²) in [7, 11) is 1.49. The molecule has 26 heavy (non-hydrogen) atoms. The number of hydrogen-bond acceptors (Lipinski definition) is 4. The van der Waals surface area contributed by atoms with E-state index in [0.717, 1.165) is 9.37 Å². The number of thiocarbonyl (C=S) groups is 1. The van der Waals surface area contributed by atoms with Crippen molar-refractivity contribution in [1.29, 1.82) is 0 Å². The zero-order chi connectivity index (χ0) is 18.8. The van der Waals surface area contributed by atoms with Gasteiger partial charge in [0, 0.05) is 10.0 Å². The van der Waals surface area contributed by atoms with E-state index in [9.17, 15) is 14.0 Å². The number of ether oxygens (including phenoxy) is 1. The predicted molar refractivity (Wildman–Crippen MR) is 103 cm³/mol. The third-order valence-electron chi connectivity index (χ3n) is 3.68. The fraction of sp³-hybridized carbons (Fsp3) is 0.0556. The van der Waals surface area contributed by atoms with E-state index in [2.05, 4.69) is 21.2 Å². The van der Waals surface area contributed by atoms with E-state index in [1.165, 1.54) is 37.5 Å². The quantitative estimate of drug-likeness (QED) is 0.456. The molecule has 1 saturated heterocycles. The maximum absolute atomic E-state index is 13.2. The van der Waals surface area contributed by atoms with E-state index in [-0.39, 0.29) is 10.7 Å². The number of rotatable bonds is 3. The third kappa shape index (κ3) is 3.51. The number of hydrogen-bond donors (Lipinski definition) is 1. The van der Waals surface area contributed by atoms with Crippen LogP contribution in [0.3, 0.4) is 0 Å². The van der Waals surface area contributed by atoms with Crippen molar-refractivity contribution >= 4 is 56.8 Å². The summed E-state index contributed by atoms with van der Waals surface area (Å²) in [4.78, 5) is 26.3. The lowest BCUT2D eigenvalue weighted by atomic mass is 10.1. The Balaban J connectivity index is 2.06. The van der Waals surface area contributed by atoms with Crippen LogP contribution in [0.4, 0.5) is 10.1 Å². The van der Waals surface area contributed by atoms with Crippen molar-refractivity contribution in [3.63, 3.8) is 0 Å². The zero-order valence-electron chi connectivity index (χ0n) is 13.5. The topological polar surface area (TPSA) is 58.6 Å². The van der Waals surface area contributed by atoms with Gasteiger partial charge in [0.15, 0.2) is 5.11 Å². The molecule has 0 aliphatic carbocycles. The molecular formula is C18H12BrFN2O3S. The van der Waals surface area contributed by atoms with Crippen LogP contribution in [0.15, 0.2) is 52.5 Å². The molecule has 2 aromatic rings. The summed E-state index contributed by atoms with van der Waals surface area (Å²) in [5, 5.41) is 2.41. The Morgan fingerprint density at radius 1 is 1.19 bits per heavy atom. The first-order valence-corrected chi connectivity index (χ1v) is 8.61. The Kier molecular flexibility index (Phi) is 5.15. The maximum Gasteiger partial charge on any atom is 0.270 e. The molecule has 0 saturated carbocycles. The van der Waals surface area contributed by atoms with Crippen molar-refractivity contribution < 1.29 is 18.7 Å². The lowest BCUT2D eigenvalue weighted by molar-refractivity contribution is -0.122. The number of nitrogens with one attached hydrogen (secondary N) is 1. The second-order valence-corrected chi connectivity index (χ2v) is 6.62. The molecule has 2 amide bonds. The second kappa shape index (κ2) is 7.35. The average molecular weight is 435 g/mol. The molecule has 0 bridgehead atoms. The first-order valence-electron chi connectivity index (χ1n) is 7.41. The molecule has 1 N–H and O–H groups in total. The van der Waals surface area contributed by atoms with Gasteiger partial charge in [0.25, 0.3) is 11.8 Å². The van der Waals surface area contributed by atoms with Crippen LogP contribution < -0.4 is 15.0 Å². The van der Waals surface area contributed by atoms with E-state index < -0.39 is 17.6 Å². The normalized spacial score (nSPS) is 16.0. The van der Waals surface area contributed by atoms with E-state index in [1.54, 1.807) is 18.2 Å². The van der Waals surface area contributed by atoms with Crippen LogP contribution in [0.2, 0.25) is 0 Å². The Morgan fingerprint density at radius 3 is 2.54 bits per heavy atom. The van der Waals surface area contributed by atoms with Crippen LogP contribution >= 0.6 is 28.1 Å². The standard InChI is InChI=1S/C18H12BrFN2O3S/c1-25-15-7-2-11(19)8-10(15)9-14-16(23)21-18(26)22(17(14)24)13-5-3-12(20)4-6-13/h2-9H,1H3,(H,21,23,26). The monoisotopic (exact) mass is 434 g/mol. The molecule has 5 nitrogen and oxygen atoms in total.